The topological polar surface area (TPSA) is 46.2 Å². The minimum atomic E-state index is -1.89. The second kappa shape index (κ2) is 9.63. The maximum Gasteiger partial charge on any atom is 0.417 e. The van der Waals surface area contributed by atoms with Crippen molar-refractivity contribution in [3.63, 3.8) is 0 Å². The molecule has 5 aromatic carbocycles. The van der Waals surface area contributed by atoms with Crippen LogP contribution in [-0.4, -0.2) is 0 Å². The Bertz CT molecular complexity index is 1640. The van der Waals surface area contributed by atoms with Gasteiger partial charge in [-0.2, -0.15) is 0 Å². The van der Waals surface area contributed by atoms with Crippen molar-refractivity contribution in [1.29, 1.82) is 0 Å². The molecule has 0 radical (unpaired) electrons. The molecule has 1 aliphatic heterocycles. The van der Waals surface area contributed by atoms with E-state index in [1.165, 1.54) is 10.8 Å². The predicted octanol–water partition coefficient (Wildman–Crippen LogP) is 6.58. The predicted molar refractivity (Wildman–Crippen MR) is 152 cm³/mol. The van der Waals surface area contributed by atoms with E-state index in [1.54, 1.807) is 0 Å². The lowest BCUT2D eigenvalue weighted by molar-refractivity contribution is 0.598. The number of fused-ring (bicyclic) bond motifs is 2. The van der Waals surface area contributed by atoms with Crippen LogP contribution in [0.15, 0.2) is 121 Å². The summed E-state index contributed by atoms with van der Waals surface area (Å²) in [5.41, 5.74) is 2.90. The molecule has 172 valence electrons. The molecule has 3 unspecified atom stereocenters. The summed E-state index contributed by atoms with van der Waals surface area (Å²) in [5, 5.41) is 8.90. The summed E-state index contributed by atoms with van der Waals surface area (Å²) in [6.07, 6.45) is 4.19. The van der Waals surface area contributed by atoms with E-state index in [1.807, 2.05) is 78.9 Å². The number of nitrogens with one attached hydrogen (secondary N) is 1. The van der Waals surface area contributed by atoms with E-state index in [-0.39, 0.29) is 6.04 Å². The van der Waals surface area contributed by atoms with Crippen LogP contribution in [0.3, 0.4) is 0 Å². The van der Waals surface area contributed by atoms with Gasteiger partial charge in [-0.05, 0) is 40.6 Å². The van der Waals surface area contributed by atoms with Gasteiger partial charge < -0.3 is 5.32 Å². The molecule has 0 spiro atoms. The zero-order valence-corrected chi connectivity index (χ0v) is 21.2. The van der Waals surface area contributed by atoms with Gasteiger partial charge in [0.15, 0.2) is 10.6 Å². The molecule has 3 nitrogen and oxygen atoms in total. The van der Waals surface area contributed by atoms with Crippen molar-refractivity contribution in [3.05, 3.63) is 132 Å². The van der Waals surface area contributed by atoms with Crippen molar-refractivity contribution in [3.8, 4) is 0 Å². The molecule has 1 aliphatic rings. The van der Waals surface area contributed by atoms with Crippen LogP contribution < -0.4 is 26.5 Å². The second-order valence-corrected chi connectivity index (χ2v) is 11.9. The van der Waals surface area contributed by atoms with Crippen LogP contribution in [0.5, 0.6) is 0 Å². The van der Waals surface area contributed by atoms with Gasteiger partial charge >= 0.3 is 15.6 Å². The standard InChI is InChI=1S/C31H23NO2P2/c33-35(24-12-3-1-4-13-24)26-20-23-18-19-29(28-17-9-11-22-10-7-8-16-27(22)28)32-31(23)30(21-26)36(34)25-14-5-2-6-15-25/h1-21,29,32H/q+2. The first-order chi connectivity index (χ1) is 17.7. The Labute approximate surface area is 212 Å². The van der Waals surface area contributed by atoms with Crippen molar-refractivity contribution >= 4 is 59.4 Å². The van der Waals surface area contributed by atoms with Gasteiger partial charge in [-0.1, -0.05) is 100 Å². The number of benzene rings is 5. The fourth-order valence-electron chi connectivity index (χ4n) is 4.72. The third-order valence-electron chi connectivity index (χ3n) is 6.49. The van der Waals surface area contributed by atoms with Crippen LogP contribution >= 0.6 is 15.6 Å². The molecule has 0 saturated heterocycles. The summed E-state index contributed by atoms with van der Waals surface area (Å²) in [6, 6.07) is 37.3. The first-order valence-electron chi connectivity index (χ1n) is 11.8. The molecular formula is C31H23NO2P2+2. The van der Waals surface area contributed by atoms with Gasteiger partial charge in [0.25, 0.3) is 0 Å². The smallest absolute Gasteiger partial charge is 0.371 e. The summed E-state index contributed by atoms with van der Waals surface area (Å²) < 4.78 is 27.4. The van der Waals surface area contributed by atoms with E-state index in [4.69, 9.17) is 0 Å². The molecule has 1 N–H and O–H groups in total. The van der Waals surface area contributed by atoms with Crippen LogP contribution in [0.25, 0.3) is 16.8 Å². The molecule has 0 fully saturated rings. The summed E-state index contributed by atoms with van der Waals surface area (Å²) in [5.74, 6) is 0. The highest BCUT2D eigenvalue weighted by atomic mass is 31.1. The molecule has 0 bridgehead atoms. The molecule has 0 aromatic heterocycles. The summed E-state index contributed by atoms with van der Waals surface area (Å²) >= 11 is 0. The van der Waals surface area contributed by atoms with Crippen LogP contribution in [0.2, 0.25) is 0 Å². The lowest BCUT2D eigenvalue weighted by atomic mass is 9.95. The van der Waals surface area contributed by atoms with Crippen molar-refractivity contribution < 1.29 is 9.13 Å². The first kappa shape index (κ1) is 22.6. The lowest BCUT2D eigenvalue weighted by Crippen LogP contribution is -2.23. The third kappa shape index (κ3) is 4.18. The van der Waals surface area contributed by atoms with Gasteiger partial charge in [-0.25, -0.2) is 0 Å². The Balaban J connectivity index is 1.48. The zero-order chi connectivity index (χ0) is 24.5. The molecule has 6 rings (SSSR count). The van der Waals surface area contributed by atoms with E-state index >= 15 is 0 Å². The normalized spacial score (nSPS) is 15.2. The van der Waals surface area contributed by atoms with Crippen LogP contribution in [0, 0.1) is 0 Å². The molecular weight excluding hydrogens is 480 g/mol. The first-order valence-corrected chi connectivity index (χ1v) is 14.4. The average Bonchev–Trinajstić information content (AvgIpc) is 2.96. The summed E-state index contributed by atoms with van der Waals surface area (Å²) in [6.45, 7) is 0. The quantitative estimate of drug-likeness (QED) is 0.276. The van der Waals surface area contributed by atoms with E-state index < -0.39 is 15.6 Å². The van der Waals surface area contributed by atoms with E-state index in [0.29, 0.717) is 10.6 Å². The maximum atomic E-state index is 13.9. The SMILES string of the molecule is O=[P+](c1ccccc1)c1cc2c(c([P+](=O)c3ccccc3)c1)NC(c1cccc3ccccc13)C=C2. The largest absolute Gasteiger partial charge is 0.417 e. The Kier molecular flexibility index (Phi) is 6.03. The Morgan fingerprint density at radius 1 is 0.611 bits per heavy atom. The fraction of sp³-hybridized carbons (Fsp3) is 0.0323. The van der Waals surface area contributed by atoms with Crippen molar-refractivity contribution in [2.24, 2.45) is 0 Å². The Morgan fingerprint density at radius 2 is 1.25 bits per heavy atom. The van der Waals surface area contributed by atoms with Gasteiger partial charge in [0.1, 0.15) is 0 Å². The number of rotatable bonds is 5. The van der Waals surface area contributed by atoms with Gasteiger partial charge in [-0.15, -0.1) is 0 Å². The summed E-state index contributed by atoms with van der Waals surface area (Å²) in [7, 11) is -3.71. The molecule has 0 amide bonds. The highest BCUT2D eigenvalue weighted by molar-refractivity contribution is 7.63. The lowest BCUT2D eigenvalue weighted by Gasteiger charge is -2.24. The molecule has 0 aliphatic carbocycles. The molecule has 5 aromatic rings. The van der Waals surface area contributed by atoms with Crippen molar-refractivity contribution in [2.75, 3.05) is 5.32 Å². The number of anilines is 1. The minimum Gasteiger partial charge on any atom is -0.371 e. The zero-order valence-electron chi connectivity index (χ0n) is 19.4. The maximum absolute atomic E-state index is 13.9. The second-order valence-electron chi connectivity index (χ2n) is 8.74. The average molecular weight is 503 g/mol. The van der Waals surface area contributed by atoms with E-state index in [9.17, 15) is 9.13 Å². The third-order valence-corrected chi connectivity index (χ3v) is 9.55. The summed E-state index contributed by atoms with van der Waals surface area (Å²) in [4.78, 5) is 0. The van der Waals surface area contributed by atoms with E-state index in [2.05, 4.69) is 53.9 Å². The Morgan fingerprint density at radius 3 is 2.00 bits per heavy atom. The molecule has 1 heterocycles. The Hall–Kier alpha value is -3.90. The van der Waals surface area contributed by atoms with Crippen molar-refractivity contribution in [1.82, 2.24) is 0 Å². The molecule has 36 heavy (non-hydrogen) atoms. The van der Waals surface area contributed by atoms with Gasteiger partial charge in [-0.3, -0.25) is 0 Å². The van der Waals surface area contributed by atoms with Gasteiger partial charge in [0, 0.05) is 17.7 Å². The van der Waals surface area contributed by atoms with Gasteiger partial charge in [0.2, 0.25) is 10.6 Å². The molecule has 0 saturated carbocycles. The van der Waals surface area contributed by atoms with E-state index in [0.717, 1.165) is 27.4 Å². The van der Waals surface area contributed by atoms with Crippen molar-refractivity contribution in [2.45, 2.75) is 6.04 Å². The van der Waals surface area contributed by atoms with Crippen LogP contribution in [-0.2, 0) is 9.13 Å². The monoisotopic (exact) mass is 503 g/mol. The molecule has 3 atom stereocenters. The molecule has 5 heteroatoms. The van der Waals surface area contributed by atoms with Gasteiger partial charge in [0.05, 0.1) is 11.7 Å². The highest BCUT2D eigenvalue weighted by Gasteiger charge is 2.36. The minimum absolute atomic E-state index is 0.0738. The number of hydrogen-bond acceptors (Lipinski definition) is 3. The fourth-order valence-corrected chi connectivity index (χ4v) is 7.44. The van der Waals surface area contributed by atoms with Crippen LogP contribution in [0.4, 0.5) is 5.69 Å². The van der Waals surface area contributed by atoms with Crippen LogP contribution in [0.1, 0.15) is 17.2 Å². The number of hydrogen-bond donors (Lipinski definition) is 1. The highest BCUT2D eigenvalue weighted by Crippen LogP contribution is 2.37.